The second kappa shape index (κ2) is 5.59. The molecule has 2 aromatic heterocycles. The molecule has 2 aromatic rings. The van der Waals surface area contributed by atoms with E-state index in [1.165, 1.54) is 0 Å². The molecule has 0 spiro atoms. The number of pyridine rings is 1. The maximum absolute atomic E-state index is 11.9. The molecule has 0 aliphatic heterocycles. The first-order valence-electron chi connectivity index (χ1n) is 6.78. The number of aromatic nitrogens is 3. The van der Waals surface area contributed by atoms with Crippen LogP contribution in [-0.2, 0) is 11.3 Å². The summed E-state index contributed by atoms with van der Waals surface area (Å²) in [6.07, 6.45) is 0.311. The number of rotatable bonds is 4. The Hall–Kier alpha value is -2.31. The van der Waals surface area contributed by atoms with Crippen LogP contribution in [-0.4, -0.2) is 33.1 Å². The molecule has 0 saturated carbocycles. The van der Waals surface area contributed by atoms with E-state index in [1.807, 2.05) is 20.8 Å². The fraction of sp³-hybridized carbons (Fsp3) is 0.500. The zero-order chi connectivity index (χ0) is 15.6. The van der Waals surface area contributed by atoms with E-state index in [4.69, 9.17) is 10.5 Å². The van der Waals surface area contributed by atoms with Gasteiger partial charge in [0.05, 0.1) is 7.11 Å². The topological polar surface area (TPSA) is 95.1 Å². The number of fused-ring (bicyclic) bond motifs is 1. The molecule has 0 aliphatic rings. The number of amides is 1. The van der Waals surface area contributed by atoms with E-state index in [9.17, 15) is 4.79 Å². The molecular weight excluding hydrogens is 270 g/mol. The second-order valence-electron chi connectivity index (χ2n) is 5.87. The minimum absolute atomic E-state index is 0.0355. The van der Waals surface area contributed by atoms with Crippen LogP contribution in [0.2, 0.25) is 0 Å². The Morgan fingerprint density at radius 1 is 1.38 bits per heavy atom. The lowest BCUT2D eigenvalue weighted by molar-refractivity contribution is -0.122. The van der Waals surface area contributed by atoms with Gasteiger partial charge < -0.3 is 15.8 Å². The number of nitrogen functional groups attached to an aromatic ring is 1. The number of carbonyl (C=O) groups is 1. The molecule has 3 N–H and O–H groups in total. The molecule has 114 valence electrons. The summed E-state index contributed by atoms with van der Waals surface area (Å²) in [6, 6.07) is 3.52. The van der Waals surface area contributed by atoms with Crippen molar-refractivity contribution in [2.45, 2.75) is 39.3 Å². The van der Waals surface area contributed by atoms with Crippen molar-refractivity contribution in [3.63, 3.8) is 0 Å². The number of nitrogens with two attached hydrogens (primary N) is 1. The second-order valence-corrected chi connectivity index (χ2v) is 5.87. The van der Waals surface area contributed by atoms with Crippen molar-refractivity contribution in [2.24, 2.45) is 0 Å². The Bertz CT molecular complexity index is 657. The Morgan fingerprint density at radius 3 is 2.71 bits per heavy atom. The van der Waals surface area contributed by atoms with Crippen LogP contribution in [0.3, 0.4) is 0 Å². The third-order valence-corrected chi connectivity index (χ3v) is 2.88. The third kappa shape index (κ3) is 3.62. The number of anilines is 1. The quantitative estimate of drug-likeness (QED) is 0.886. The van der Waals surface area contributed by atoms with Gasteiger partial charge in [-0.2, -0.15) is 4.98 Å². The minimum Gasteiger partial charge on any atom is -0.481 e. The van der Waals surface area contributed by atoms with Gasteiger partial charge in [-0.05, 0) is 26.8 Å². The molecule has 0 fully saturated rings. The first kappa shape index (κ1) is 15.1. The summed E-state index contributed by atoms with van der Waals surface area (Å²) < 4.78 is 6.83. The van der Waals surface area contributed by atoms with Crippen LogP contribution in [0.5, 0.6) is 5.88 Å². The fourth-order valence-electron chi connectivity index (χ4n) is 2.03. The smallest absolute Gasteiger partial charge is 0.222 e. The molecule has 0 radical (unpaired) electrons. The lowest BCUT2D eigenvalue weighted by Gasteiger charge is -2.20. The molecule has 7 nitrogen and oxygen atoms in total. The van der Waals surface area contributed by atoms with E-state index < -0.39 is 0 Å². The number of carbonyl (C=O) groups excluding carboxylic acids is 1. The van der Waals surface area contributed by atoms with E-state index in [-0.39, 0.29) is 11.4 Å². The minimum atomic E-state index is -0.249. The molecule has 0 saturated heterocycles. The van der Waals surface area contributed by atoms with Crippen LogP contribution in [0.1, 0.15) is 27.2 Å². The number of hydrogen-bond donors (Lipinski definition) is 2. The zero-order valence-corrected chi connectivity index (χ0v) is 12.8. The maximum Gasteiger partial charge on any atom is 0.222 e. The van der Waals surface area contributed by atoms with Crippen LogP contribution in [0.15, 0.2) is 12.1 Å². The Balaban J connectivity index is 2.18. The molecule has 2 heterocycles. The van der Waals surface area contributed by atoms with E-state index in [1.54, 1.807) is 23.8 Å². The highest BCUT2D eigenvalue weighted by Gasteiger charge is 2.15. The van der Waals surface area contributed by atoms with Crippen molar-refractivity contribution in [3.8, 4) is 5.88 Å². The number of methoxy groups -OCH3 is 1. The molecule has 7 heteroatoms. The van der Waals surface area contributed by atoms with Crippen molar-refractivity contribution in [2.75, 3.05) is 12.8 Å². The van der Waals surface area contributed by atoms with Gasteiger partial charge in [0, 0.05) is 24.6 Å². The molecule has 21 heavy (non-hydrogen) atoms. The first-order valence-corrected chi connectivity index (χ1v) is 6.78. The van der Waals surface area contributed by atoms with Crippen LogP contribution in [0.4, 0.5) is 5.95 Å². The monoisotopic (exact) mass is 291 g/mol. The molecule has 0 atom stereocenters. The molecule has 0 aliphatic carbocycles. The van der Waals surface area contributed by atoms with Gasteiger partial charge in [0.2, 0.25) is 17.7 Å². The van der Waals surface area contributed by atoms with E-state index in [0.29, 0.717) is 36.0 Å². The number of nitrogens with one attached hydrogen (secondary N) is 1. The largest absolute Gasteiger partial charge is 0.481 e. The van der Waals surface area contributed by atoms with Gasteiger partial charge in [-0.1, -0.05) is 0 Å². The van der Waals surface area contributed by atoms with Gasteiger partial charge in [0.25, 0.3) is 0 Å². The predicted molar refractivity (Wildman–Crippen MR) is 81.0 cm³/mol. The van der Waals surface area contributed by atoms with E-state index in [2.05, 4.69) is 15.3 Å². The van der Waals surface area contributed by atoms with Crippen molar-refractivity contribution in [3.05, 3.63) is 12.1 Å². The van der Waals surface area contributed by atoms with Gasteiger partial charge >= 0.3 is 0 Å². The summed E-state index contributed by atoms with van der Waals surface area (Å²) >= 11 is 0. The Labute approximate surface area is 123 Å². The number of aryl methyl sites for hydroxylation is 1. The van der Waals surface area contributed by atoms with Gasteiger partial charge in [0.1, 0.15) is 5.52 Å². The normalized spacial score (nSPS) is 11.6. The average Bonchev–Trinajstić information content (AvgIpc) is 2.69. The predicted octanol–water partition coefficient (Wildman–Crippen LogP) is 1.33. The van der Waals surface area contributed by atoms with Crippen LogP contribution >= 0.6 is 0 Å². The summed E-state index contributed by atoms with van der Waals surface area (Å²) in [4.78, 5) is 20.5. The lowest BCUT2D eigenvalue weighted by atomic mass is 10.1. The summed E-state index contributed by atoms with van der Waals surface area (Å²) in [5.41, 5.74) is 6.95. The van der Waals surface area contributed by atoms with Crippen molar-refractivity contribution in [1.82, 2.24) is 19.9 Å². The molecule has 2 rings (SSSR count). The van der Waals surface area contributed by atoms with Gasteiger partial charge in [0.15, 0.2) is 5.65 Å². The molecular formula is C14H21N5O2. The Morgan fingerprint density at radius 2 is 2.10 bits per heavy atom. The standard InChI is InChI=1S/C14H21N5O2/c1-14(2,3)18-10(20)7-8-19-12-9(16-13(19)15)5-6-11(17-12)21-4/h5-6H,7-8H2,1-4H3,(H2,15,16)(H,18,20). The number of imidazole rings is 1. The summed E-state index contributed by atoms with van der Waals surface area (Å²) in [7, 11) is 1.55. The molecule has 1 amide bonds. The highest BCUT2D eigenvalue weighted by Crippen LogP contribution is 2.19. The van der Waals surface area contributed by atoms with Crippen molar-refractivity contribution < 1.29 is 9.53 Å². The molecule has 0 bridgehead atoms. The Kier molecular flexibility index (Phi) is 4.02. The van der Waals surface area contributed by atoms with Crippen LogP contribution in [0.25, 0.3) is 11.2 Å². The zero-order valence-electron chi connectivity index (χ0n) is 12.8. The fourth-order valence-corrected chi connectivity index (χ4v) is 2.03. The summed E-state index contributed by atoms with van der Waals surface area (Å²) in [5, 5.41) is 2.91. The first-order chi connectivity index (χ1) is 9.80. The highest BCUT2D eigenvalue weighted by molar-refractivity contribution is 5.78. The number of nitrogens with zero attached hydrogens (tertiary/aromatic N) is 3. The number of ether oxygens (including phenoxy) is 1. The van der Waals surface area contributed by atoms with Gasteiger partial charge in [-0.25, -0.2) is 4.98 Å². The molecule has 0 unspecified atom stereocenters. The SMILES string of the molecule is COc1ccc2nc(N)n(CCC(=O)NC(C)(C)C)c2n1. The van der Waals surface area contributed by atoms with E-state index >= 15 is 0 Å². The van der Waals surface area contributed by atoms with Gasteiger partial charge in [-0.15, -0.1) is 0 Å². The number of hydrogen-bond acceptors (Lipinski definition) is 5. The van der Waals surface area contributed by atoms with Crippen molar-refractivity contribution in [1.29, 1.82) is 0 Å². The van der Waals surface area contributed by atoms with Gasteiger partial charge in [-0.3, -0.25) is 9.36 Å². The summed E-state index contributed by atoms with van der Waals surface area (Å²) in [5.74, 6) is 0.795. The highest BCUT2D eigenvalue weighted by atomic mass is 16.5. The van der Waals surface area contributed by atoms with Crippen molar-refractivity contribution >= 4 is 23.0 Å². The van der Waals surface area contributed by atoms with Crippen LogP contribution in [0, 0.1) is 0 Å². The van der Waals surface area contributed by atoms with Crippen LogP contribution < -0.4 is 15.8 Å². The third-order valence-electron chi connectivity index (χ3n) is 2.88. The average molecular weight is 291 g/mol. The molecule has 0 aromatic carbocycles. The lowest BCUT2D eigenvalue weighted by Crippen LogP contribution is -2.40. The maximum atomic E-state index is 11.9. The van der Waals surface area contributed by atoms with E-state index in [0.717, 1.165) is 0 Å². The summed E-state index contributed by atoms with van der Waals surface area (Å²) in [6.45, 7) is 6.25.